The van der Waals surface area contributed by atoms with Crippen molar-refractivity contribution >= 4 is 33.2 Å². The molecule has 0 aliphatic heterocycles. The number of ether oxygens (including phenoxy) is 1. The topological polar surface area (TPSA) is 38.3 Å². The number of carbonyl (C=O) groups is 1. The van der Waals surface area contributed by atoms with Gasteiger partial charge in [-0.2, -0.15) is 0 Å². The minimum absolute atomic E-state index is 0.0356. The SMILES string of the molecule is COc1ccsc1C(=O)NC(CCBr)C(C)(C)C. The molecule has 1 amide bonds. The number of rotatable bonds is 5. The Balaban J connectivity index is 2.79. The molecule has 0 aromatic carbocycles. The smallest absolute Gasteiger partial charge is 0.265 e. The summed E-state index contributed by atoms with van der Waals surface area (Å²) in [6.07, 6.45) is 0.906. The number of halogens is 1. The molecule has 0 aliphatic carbocycles. The van der Waals surface area contributed by atoms with Crippen LogP contribution in [0, 0.1) is 5.41 Å². The van der Waals surface area contributed by atoms with Crippen LogP contribution < -0.4 is 10.1 Å². The highest BCUT2D eigenvalue weighted by Crippen LogP contribution is 2.27. The second kappa shape index (κ2) is 6.57. The van der Waals surface area contributed by atoms with Crippen LogP contribution in [0.3, 0.4) is 0 Å². The molecule has 0 fully saturated rings. The Morgan fingerprint density at radius 1 is 1.56 bits per heavy atom. The van der Waals surface area contributed by atoms with Crippen molar-refractivity contribution in [3.8, 4) is 5.75 Å². The molecule has 102 valence electrons. The van der Waals surface area contributed by atoms with Crippen LogP contribution in [0.2, 0.25) is 0 Å². The number of amides is 1. The van der Waals surface area contributed by atoms with Crippen molar-refractivity contribution in [3.63, 3.8) is 0 Å². The summed E-state index contributed by atoms with van der Waals surface area (Å²) in [7, 11) is 1.58. The van der Waals surface area contributed by atoms with Gasteiger partial charge in [-0.3, -0.25) is 4.79 Å². The van der Waals surface area contributed by atoms with Crippen molar-refractivity contribution in [1.82, 2.24) is 5.32 Å². The van der Waals surface area contributed by atoms with Crippen LogP contribution in [-0.4, -0.2) is 24.4 Å². The number of methoxy groups -OCH3 is 1. The lowest BCUT2D eigenvalue weighted by molar-refractivity contribution is 0.0902. The van der Waals surface area contributed by atoms with E-state index in [1.54, 1.807) is 7.11 Å². The molecule has 0 radical (unpaired) electrons. The fourth-order valence-electron chi connectivity index (χ4n) is 1.68. The predicted octanol–water partition coefficient (Wildman–Crippen LogP) is 3.69. The Bertz CT molecular complexity index is 398. The van der Waals surface area contributed by atoms with Gasteiger partial charge in [-0.1, -0.05) is 36.7 Å². The fourth-order valence-corrected chi connectivity index (χ4v) is 2.90. The van der Waals surface area contributed by atoms with Crippen molar-refractivity contribution in [2.75, 3.05) is 12.4 Å². The van der Waals surface area contributed by atoms with E-state index in [-0.39, 0.29) is 17.4 Å². The first-order chi connectivity index (χ1) is 8.40. The molecule has 5 heteroatoms. The summed E-state index contributed by atoms with van der Waals surface area (Å²) in [6, 6.07) is 1.95. The Labute approximate surface area is 121 Å². The van der Waals surface area contributed by atoms with Crippen molar-refractivity contribution in [1.29, 1.82) is 0 Å². The number of nitrogens with one attached hydrogen (secondary N) is 1. The van der Waals surface area contributed by atoms with Crippen molar-refractivity contribution in [2.45, 2.75) is 33.2 Å². The zero-order chi connectivity index (χ0) is 13.8. The molecular weight excluding hydrogens is 314 g/mol. The molecule has 1 aromatic heterocycles. The average molecular weight is 334 g/mol. The number of carbonyl (C=O) groups excluding carboxylic acids is 1. The Morgan fingerprint density at radius 2 is 2.22 bits per heavy atom. The third-order valence-electron chi connectivity index (χ3n) is 2.80. The average Bonchev–Trinajstić information content (AvgIpc) is 2.75. The maximum absolute atomic E-state index is 12.2. The van der Waals surface area contributed by atoms with Crippen LogP contribution in [0.1, 0.15) is 36.9 Å². The summed E-state index contributed by atoms with van der Waals surface area (Å²) in [5, 5.41) is 5.83. The molecule has 1 heterocycles. The molecule has 3 nitrogen and oxygen atoms in total. The second-order valence-corrected chi connectivity index (χ2v) is 6.90. The standard InChI is InChI=1S/C13H20BrNO2S/c1-13(2,3)10(5-7-14)15-12(16)11-9(17-4)6-8-18-11/h6,8,10H,5,7H2,1-4H3,(H,15,16). The van der Waals surface area contributed by atoms with Gasteiger partial charge in [0.2, 0.25) is 0 Å². The monoisotopic (exact) mass is 333 g/mol. The van der Waals surface area contributed by atoms with Gasteiger partial charge >= 0.3 is 0 Å². The lowest BCUT2D eigenvalue weighted by Crippen LogP contribution is -2.43. The molecule has 1 rings (SSSR count). The summed E-state index contributed by atoms with van der Waals surface area (Å²) in [5.74, 6) is 0.590. The van der Waals surface area contributed by atoms with Gasteiger partial charge in [-0.25, -0.2) is 0 Å². The van der Waals surface area contributed by atoms with E-state index in [4.69, 9.17) is 4.74 Å². The summed E-state index contributed by atoms with van der Waals surface area (Å²) >= 11 is 4.84. The van der Waals surface area contributed by atoms with E-state index in [9.17, 15) is 4.79 Å². The minimum atomic E-state index is -0.0530. The molecule has 1 atom stereocenters. The van der Waals surface area contributed by atoms with Gasteiger partial charge < -0.3 is 10.1 Å². The minimum Gasteiger partial charge on any atom is -0.495 e. The van der Waals surface area contributed by atoms with Crippen molar-refractivity contribution < 1.29 is 9.53 Å². The lowest BCUT2D eigenvalue weighted by atomic mass is 9.85. The van der Waals surface area contributed by atoms with Gasteiger partial charge in [0.15, 0.2) is 0 Å². The highest BCUT2D eigenvalue weighted by atomic mass is 79.9. The lowest BCUT2D eigenvalue weighted by Gasteiger charge is -2.31. The number of alkyl halides is 1. The van der Waals surface area contributed by atoms with E-state index in [0.717, 1.165) is 11.8 Å². The van der Waals surface area contributed by atoms with Crippen LogP contribution in [-0.2, 0) is 0 Å². The molecule has 0 bridgehead atoms. The largest absolute Gasteiger partial charge is 0.495 e. The van der Waals surface area contributed by atoms with Gasteiger partial charge in [-0.05, 0) is 23.3 Å². The zero-order valence-corrected chi connectivity index (χ0v) is 13.7. The third-order valence-corrected chi connectivity index (χ3v) is 4.16. The number of thiophene rings is 1. The van der Waals surface area contributed by atoms with Crippen LogP contribution in [0.15, 0.2) is 11.4 Å². The molecule has 1 aromatic rings. The molecular formula is C13H20BrNO2S. The van der Waals surface area contributed by atoms with Gasteiger partial charge in [-0.15, -0.1) is 11.3 Å². The molecule has 18 heavy (non-hydrogen) atoms. The van der Waals surface area contributed by atoms with E-state index in [2.05, 4.69) is 42.0 Å². The molecule has 0 aliphatic rings. The van der Waals surface area contributed by atoms with Crippen LogP contribution in [0.4, 0.5) is 0 Å². The van der Waals surface area contributed by atoms with Gasteiger partial charge in [0.25, 0.3) is 5.91 Å². The Kier molecular flexibility index (Phi) is 5.66. The Morgan fingerprint density at radius 3 is 2.72 bits per heavy atom. The molecule has 0 spiro atoms. The van der Waals surface area contributed by atoms with Crippen molar-refractivity contribution in [2.24, 2.45) is 5.41 Å². The van der Waals surface area contributed by atoms with Crippen LogP contribution in [0.25, 0.3) is 0 Å². The summed E-state index contributed by atoms with van der Waals surface area (Å²) in [6.45, 7) is 6.39. The van der Waals surface area contributed by atoms with E-state index in [1.807, 2.05) is 11.4 Å². The number of hydrogen-bond donors (Lipinski definition) is 1. The van der Waals surface area contributed by atoms with E-state index in [0.29, 0.717) is 10.6 Å². The summed E-state index contributed by atoms with van der Waals surface area (Å²) in [4.78, 5) is 12.9. The third kappa shape index (κ3) is 3.99. The Hall–Kier alpha value is -0.550. The van der Waals surface area contributed by atoms with Crippen LogP contribution >= 0.6 is 27.3 Å². The molecule has 1 unspecified atom stereocenters. The normalized spacial score (nSPS) is 13.2. The summed E-state index contributed by atoms with van der Waals surface area (Å²) in [5.41, 5.74) is 0.0356. The maximum atomic E-state index is 12.2. The molecule has 1 N–H and O–H groups in total. The summed E-state index contributed by atoms with van der Waals surface area (Å²) < 4.78 is 5.17. The van der Waals surface area contributed by atoms with Gasteiger partial charge in [0.05, 0.1) is 7.11 Å². The van der Waals surface area contributed by atoms with Gasteiger partial charge in [0.1, 0.15) is 10.6 Å². The molecule has 0 saturated carbocycles. The second-order valence-electron chi connectivity index (χ2n) is 5.19. The highest BCUT2D eigenvalue weighted by molar-refractivity contribution is 9.09. The highest BCUT2D eigenvalue weighted by Gasteiger charge is 2.27. The quantitative estimate of drug-likeness (QED) is 0.834. The van der Waals surface area contributed by atoms with Crippen LogP contribution in [0.5, 0.6) is 5.75 Å². The first-order valence-electron chi connectivity index (χ1n) is 5.88. The van der Waals surface area contributed by atoms with E-state index >= 15 is 0 Å². The van der Waals surface area contributed by atoms with E-state index in [1.165, 1.54) is 11.3 Å². The first-order valence-corrected chi connectivity index (χ1v) is 7.88. The van der Waals surface area contributed by atoms with E-state index < -0.39 is 0 Å². The maximum Gasteiger partial charge on any atom is 0.265 e. The zero-order valence-electron chi connectivity index (χ0n) is 11.2. The fraction of sp³-hybridized carbons (Fsp3) is 0.615. The number of hydrogen-bond acceptors (Lipinski definition) is 3. The van der Waals surface area contributed by atoms with Crippen molar-refractivity contribution in [3.05, 3.63) is 16.3 Å². The van der Waals surface area contributed by atoms with Gasteiger partial charge in [0, 0.05) is 11.4 Å². The predicted molar refractivity (Wildman–Crippen MR) is 80.0 cm³/mol. The first kappa shape index (κ1) is 15.5. The molecule has 0 saturated heterocycles.